The summed E-state index contributed by atoms with van der Waals surface area (Å²) in [6.45, 7) is 2.80. The van der Waals surface area contributed by atoms with Gasteiger partial charge in [0.2, 0.25) is 5.91 Å². The standard InChI is InChI=1S/C28H34N2O5/c1-2-9-19(16-26(31)30-15-8-7-10-20(30)17-27(32)33)29-28(34)35-18-25-23-13-5-3-11-21(23)22-12-4-6-14-24(22)25/h3-6,11-14,19-20,25H,2,7-10,15-18H2,1H3,(H,29,34)(H,32,33)/t19?,20-/m1/s1. The van der Waals surface area contributed by atoms with Crippen molar-refractivity contribution in [2.75, 3.05) is 13.2 Å². The van der Waals surface area contributed by atoms with Crippen molar-refractivity contribution in [2.45, 2.75) is 69.9 Å². The Morgan fingerprint density at radius 1 is 1.06 bits per heavy atom. The quantitative estimate of drug-likeness (QED) is 0.532. The van der Waals surface area contributed by atoms with Crippen LogP contribution in [0.3, 0.4) is 0 Å². The number of benzene rings is 2. The molecule has 0 aromatic heterocycles. The molecule has 0 radical (unpaired) electrons. The van der Waals surface area contributed by atoms with Gasteiger partial charge in [0.25, 0.3) is 0 Å². The maximum absolute atomic E-state index is 13.0. The molecule has 0 spiro atoms. The summed E-state index contributed by atoms with van der Waals surface area (Å²) in [6, 6.07) is 15.7. The topological polar surface area (TPSA) is 95.9 Å². The Labute approximate surface area is 206 Å². The molecule has 2 N–H and O–H groups in total. The van der Waals surface area contributed by atoms with Crippen molar-refractivity contribution in [3.8, 4) is 11.1 Å². The predicted molar refractivity (Wildman–Crippen MR) is 133 cm³/mol. The highest BCUT2D eigenvalue weighted by Gasteiger charge is 2.31. The summed E-state index contributed by atoms with van der Waals surface area (Å²) < 4.78 is 5.66. The molecule has 1 aliphatic carbocycles. The number of fused-ring (bicyclic) bond motifs is 3. The average molecular weight is 479 g/mol. The van der Waals surface area contributed by atoms with Crippen molar-refractivity contribution in [3.05, 3.63) is 59.7 Å². The molecule has 35 heavy (non-hydrogen) atoms. The van der Waals surface area contributed by atoms with Crippen LogP contribution in [0.5, 0.6) is 0 Å². The third-order valence-corrected chi connectivity index (χ3v) is 7.08. The molecule has 2 amide bonds. The second kappa shape index (κ2) is 11.4. The molecule has 1 unspecified atom stereocenters. The molecule has 0 saturated carbocycles. The minimum atomic E-state index is -0.892. The Kier molecular flexibility index (Phi) is 8.06. The van der Waals surface area contributed by atoms with E-state index in [0.717, 1.165) is 30.4 Å². The molecule has 4 rings (SSSR count). The number of carboxylic acids is 1. The number of likely N-dealkylation sites (tertiary alicyclic amines) is 1. The number of piperidine rings is 1. The first-order valence-corrected chi connectivity index (χ1v) is 12.6. The molecule has 1 aliphatic heterocycles. The SMILES string of the molecule is CCCC(CC(=O)N1CCCC[C@@H]1CC(=O)O)NC(=O)OCC1c2ccccc2-c2ccccc21. The van der Waals surface area contributed by atoms with Gasteiger partial charge in [0, 0.05) is 31.0 Å². The molecule has 0 bridgehead atoms. The first-order chi connectivity index (χ1) is 17.0. The fourth-order valence-corrected chi connectivity index (χ4v) is 5.45. The zero-order valence-corrected chi connectivity index (χ0v) is 20.2. The van der Waals surface area contributed by atoms with Crippen molar-refractivity contribution in [1.82, 2.24) is 10.2 Å². The molecule has 2 aliphatic rings. The van der Waals surface area contributed by atoms with E-state index in [2.05, 4.69) is 29.6 Å². The van der Waals surface area contributed by atoms with E-state index in [1.165, 1.54) is 11.1 Å². The van der Waals surface area contributed by atoms with Crippen LogP contribution in [0.2, 0.25) is 0 Å². The largest absolute Gasteiger partial charge is 0.481 e. The normalized spacial score (nSPS) is 17.9. The fourth-order valence-electron chi connectivity index (χ4n) is 5.45. The van der Waals surface area contributed by atoms with Crippen LogP contribution in [-0.4, -0.2) is 53.2 Å². The summed E-state index contributed by atoms with van der Waals surface area (Å²) in [4.78, 5) is 38.7. The third kappa shape index (κ3) is 5.84. The van der Waals surface area contributed by atoms with E-state index in [0.29, 0.717) is 19.4 Å². The second-order valence-electron chi connectivity index (χ2n) is 9.49. The van der Waals surface area contributed by atoms with Gasteiger partial charge >= 0.3 is 12.1 Å². The van der Waals surface area contributed by atoms with E-state index >= 15 is 0 Å². The molecule has 186 valence electrons. The van der Waals surface area contributed by atoms with Gasteiger partial charge < -0.3 is 20.1 Å². The van der Waals surface area contributed by atoms with E-state index in [-0.39, 0.29) is 43.4 Å². The lowest BCUT2D eigenvalue weighted by molar-refractivity contribution is -0.142. The summed E-state index contributed by atoms with van der Waals surface area (Å²) in [6.07, 6.45) is 3.54. The van der Waals surface area contributed by atoms with Gasteiger partial charge in [-0.25, -0.2) is 4.79 Å². The molecule has 2 aromatic carbocycles. The molecular formula is C28H34N2O5. The molecule has 7 heteroatoms. The number of carbonyl (C=O) groups is 3. The van der Waals surface area contributed by atoms with Crippen LogP contribution in [0.4, 0.5) is 4.79 Å². The van der Waals surface area contributed by atoms with Crippen LogP contribution >= 0.6 is 0 Å². The Morgan fingerprint density at radius 2 is 1.71 bits per heavy atom. The lowest BCUT2D eigenvalue weighted by Gasteiger charge is -2.36. The molecule has 2 aromatic rings. The summed E-state index contributed by atoms with van der Waals surface area (Å²) in [7, 11) is 0. The van der Waals surface area contributed by atoms with Gasteiger partial charge in [0.1, 0.15) is 6.61 Å². The molecule has 1 fully saturated rings. The Hall–Kier alpha value is -3.35. The highest BCUT2D eigenvalue weighted by molar-refractivity contribution is 5.80. The van der Waals surface area contributed by atoms with Crippen molar-refractivity contribution in [1.29, 1.82) is 0 Å². The zero-order chi connectivity index (χ0) is 24.8. The number of alkyl carbamates (subject to hydrolysis) is 1. The van der Waals surface area contributed by atoms with E-state index in [4.69, 9.17) is 4.74 Å². The number of nitrogens with zero attached hydrogens (tertiary/aromatic N) is 1. The fraction of sp³-hybridized carbons (Fsp3) is 0.464. The summed E-state index contributed by atoms with van der Waals surface area (Å²) in [5, 5.41) is 12.1. The van der Waals surface area contributed by atoms with Crippen molar-refractivity contribution in [3.63, 3.8) is 0 Å². The maximum atomic E-state index is 13.0. The van der Waals surface area contributed by atoms with Gasteiger partial charge in [-0.3, -0.25) is 9.59 Å². The van der Waals surface area contributed by atoms with Crippen LogP contribution in [0, 0.1) is 0 Å². The lowest BCUT2D eigenvalue weighted by atomic mass is 9.97. The number of hydrogen-bond donors (Lipinski definition) is 2. The van der Waals surface area contributed by atoms with Gasteiger partial charge in [0.05, 0.1) is 6.42 Å². The van der Waals surface area contributed by atoms with Gasteiger partial charge in [-0.05, 0) is 47.9 Å². The van der Waals surface area contributed by atoms with Crippen LogP contribution in [-0.2, 0) is 14.3 Å². The zero-order valence-electron chi connectivity index (χ0n) is 20.2. The van der Waals surface area contributed by atoms with E-state index in [1.54, 1.807) is 4.90 Å². The van der Waals surface area contributed by atoms with Crippen LogP contribution in [0.1, 0.15) is 68.9 Å². The van der Waals surface area contributed by atoms with Crippen molar-refractivity contribution >= 4 is 18.0 Å². The minimum absolute atomic E-state index is 0.0236. The molecule has 1 heterocycles. The van der Waals surface area contributed by atoms with Gasteiger partial charge in [-0.1, -0.05) is 61.9 Å². The number of amides is 2. The number of carbonyl (C=O) groups excluding carboxylic acids is 2. The first-order valence-electron chi connectivity index (χ1n) is 12.6. The number of carboxylic acid groups (broad SMARTS) is 1. The molecular weight excluding hydrogens is 444 g/mol. The summed E-state index contributed by atoms with van der Waals surface area (Å²) in [5.41, 5.74) is 4.64. The minimum Gasteiger partial charge on any atom is -0.481 e. The van der Waals surface area contributed by atoms with Crippen molar-refractivity contribution in [2.24, 2.45) is 0 Å². The highest BCUT2D eigenvalue weighted by atomic mass is 16.5. The van der Waals surface area contributed by atoms with Crippen LogP contribution in [0.15, 0.2) is 48.5 Å². The Bertz CT molecular complexity index is 1020. The predicted octanol–water partition coefficient (Wildman–Crippen LogP) is 4.94. The number of aliphatic carboxylic acids is 1. The van der Waals surface area contributed by atoms with E-state index in [9.17, 15) is 19.5 Å². The second-order valence-corrected chi connectivity index (χ2v) is 9.49. The van der Waals surface area contributed by atoms with Gasteiger partial charge in [-0.15, -0.1) is 0 Å². The number of nitrogens with one attached hydrogen (secondary N) is 1. The third-order valence-electron chi connectivity index (χ3n) is 7.08. The molecule has 1 saturated heterocycles. The monoisotopic (exact) mass is 478 g/mol. The average Bonchev–Trinajstić information content (AvgIpc) is 3.16. The molecule has 7 nitrogen and oxygen atoms in total. The molecule has 2 atom stereocenters. The van der Waals surface area contributed by atoms with Gasteiger partial charge in [0.15, 0.2) is 0 Å². The number of rotatable bonds is 9. The van der Waals surface area contributed by atoms with Crippen LogP contribution < -0.4 is 5.32 Å². The van der Waals surface area contributed by atoms with E-state index < -0.39 is 12.1 Å². The Balaban J connectivity index is 1.36. The lowest BCUT2D eigenvalue weighted by Crippen LogP contribution is -2.47. The number of ether oxygens (including phenoxy) is 1. The van der Waals surface area contributed by atoms with E-state index in [1.807, 2.05) is 31.2 Å². The first kappa shape index (κ1) is 24.8. The highest BCUT2D eigenvalue weighted by Crippen LogP contribution is 2.44. The van der Waals surface area contributed by atoms with Crippen molar-refractivity contribution < 1.29 is 24.2 Å². The summed E-state index contributed by atoms with van der Waals surface area (Å²) in [5.74, 6) is -1.02. The Morgan fingerprint density at radius 3 is 2.34 bits per heavy atom. The smallest absolute Gasteiger partial charge is 0.407 e. The van der Waals surface area contributed by atoms with Gasteiger partial charge in [-0.2, -0.15) is 0 Å². The van der Waals surface area contributed by atoms with Crippen LogP contribution in [0.25, 0.3) is 11.1 Å². The number of hydrogen-bond acceptors (Lipinski definition) is 4. The maximum Gasteiger partial charge on any atom is 0.407 e. The summed E-state index contributed by atoms with van der Waals surface area (Å²) >= 11 is 0.